The first-order valence-electron chi connectivity index (χ1n) is 5.69. The molecule has 3 rings (SSSR count). The van der Waals surface area contributed by atoms with E-state index in [2.05, 4.69) is 10.3 Å². The van der Waals surface area contributed by atoms with Gasteiger partial charge in [-0.1, -0.05) is 0 Å². The van der Waals surface area contributed by atoms with Crippen molar-refractivity contribution in [3.8, 4) is 0 Å². The average molecular weight is 256 g/mol. The molecule has 2 N–H and O–H groups in total. The summed E-state index contributed by atoms with van der Waals surface area (Å²) in [7, 11) is 0. The van der Waals surface area contributed by atoms with Gasteiger partial charge in [0.15, 0.2) is 0 Å². The van der Waals surface area contributed by atoms with Gasteiger partial charge in [-0.2, -0.15) is 11.3 Å². The standard InChI is InChI=1S/C14H12N2OS/c17-14(16-8-10-4-6-18-9-10)12-1-2-13-11(7-12)3-5-15-13/h1-7,9,15H,8H2,(H,16,17). The summed E-state index contributed by atoms with van der Waals surface area (Å²) in [4.78, 5) is 15.1. The lowest BCUT2D eigenvalue weighted by molar-refractivity contribution is 0.0951. The Labute approximate surface area is 108 Å². The first-order chi connectivity index (χ1) is 8.83. The Bertz CT molecular complexity index is 670. The first-order valence-corrected chi connectivity index (χ1v) is 6.63. The molecule has 0 radical (unpaired) electrons. The van der Waals surface area contributed by atoms with Crippen molar-refractivity contribution >= 4 is 28.1 Å². The summed E-state index contributed by atoms with van der Waals surface area (Å²) in [6, 6.07) is 9.64. The van der Waals surface area contributed by atoms with Crippen LogP contribution in [0.1, 0.15) is 15.9 Å². The lowest BCUT2D eigenvalue weighted by Gasteiger charge is -2.04. The van der Waals surface area contributed by atoms with Crippen LogP contribution < -0.4 is 5.32 Å². The molecule has 0 aliphatic rings. The fourth-order valence-electron chi connectivity index (χ4n) is 1.87. The molecule has 2 aromatic heterocycles. The van der Waals surface area contributed by atoms with Gasteiger partial charge in [0.1, 0.15) is 0 Å². The van der Waals surface area contributed by atoms with E-state index in [1.165, 1.54) is 0 Å². The van der Waals surface area contributed by atoms with Gasteiger partial charge in [0.05, 0.1) is 0 Å². The molecule has 0 atom stereocenters. The smallest absolute Gasteiger partial charge is 0.251 e. The number of H-pyrrole nitrogens is 1. The van der Waals surface area contributed by atoms with Crippen LogP contribution in [-0.2, 0) is 6.54 Å². The van der Waals surface area contributed by atoms with E-state index in [0.717, 1.165) is 16.5 Å². The molecule has 3 aromatic rings. The minimum Gasteiger partial charge on any atom is -0.361 e. The van der Waals surface area contributed by atoms with Gasteiger partial charge in [-0.15, -0.1) is 0 Å². The van der Waals surface area contributed by atoms with Gasteiger partial charge in [0.25, 0.3) is 5.91 Å². The van der Waals surface area contributed by atoms with Crippen LogP contribution in [0.3, 0.4) is 0 Å². The second-order valence-electron chi connectivity index (χ2n) is 4.09. The van der Waals surface area contributed by atoms with Gasteiger partial charge < -0.3 is 10.3 Å². The minimum atomic E-state index is -0.0377. The summed E-state index contributed by atoms with van der Waals surface area (Å²) in [6.07, 6.45) is 1.87. The van der Waals surface area contributed by atoms with E-state index in [9.17, 15) is 4.79 Å². The highest BCUT2D eigenvalue weighted by Gasteiger charge is 2.06. The van der Waals surface area contributed by atoms with E-state index in [1.807, 2.05) is 47.3 Å². The fraction of sp³-hybridized carbons (Fsp3) is 0.0714. The lowest BCUT2D eigenvalue weighted by atomic mass is 10.1. The van der Waals surface area contributed by atoms with E-state index in [1.54, 1.807) is 11.3 Å². The summed E-state index contributed by atoms with van der Waals surface area (Å²) in [5.74, 6) is -0.0377. The number of hydrogen-bond acceptors (Lipinski definition) is 2. The topological polar surface area (TPSA) is 44.9 Å². The Morgan fingerprint density at radius 3 is 3.06 bits per heavy atom. The summed E-state index contributed by atoms with van der Waals surface area (Å²) in [5.41, 5.74) is 2.87. The molecule has 0 aliphatic heterocycles. The van der Waals surface area contributed by atoms with Crippen LogP contribution in [0.5, 0.6) is 0 Å². The number of amides is 1. The van der Waals surface area contributed by atoms with E-state index >= 15 is 0 Å². The van der Waals surface area contributed by atoms with Gasteiger partial charge in [-0.3, -0.25) is 4.79 Å². The highest BCUT2D eigenvalue weighted by atomic mass is 32.1. The second-order valence-corrected chi connectivity index (χ2v) is 4.87. The largest absolute Gasteiger partial charge is 0.361 e. The second kappa shape index (κ2) is 4.66. The molecule has 0 saturated heterocycles. The molecule has 0 aliphatic carbocycles. The Hall–Kier alpha value is -2.07. The number of carbonyl (C=O) groups excluding carboxylic acids is 1. The number of aromatic amines is 1. The molecule has 3 nitrogen and oxygen atoms in total. The lowest BCUT2D eigenvalue weighted by Crippen LogP contribution is -2.22. The zero-order chi connectivity index (χ0) is 12.4. The van der Waals surface area contributed by atoms with Gasteiger partial charge in [0.2, 0.25) is 0 Å². The van der Waals surface area contributed by atoms with Crippen molar-refractivity contribution in [3.63, 3.8) is 0 Å². The third-order valence-corrected chi connectivity index (χ3v) is 3.58. The van der Waals surface area contributed by atoms with Crippen molar-refractivity contribution in [2.75, 3.05) is 0 Å². The fourth-order valence-corrected chi connectivity index (χ4v) is 2.54. The quantitative estimate of drug-likeness (QED) is 0.743. The van der Waals surface area contributed by atoms with Crippen LogP contribution in [0.15, 0.2) is 47.3 Å². The molecule has 0 saturated carbocycles. The molecule has 0 bridgehead atoms. The van der Waals surface area contributed by atoms with Crippen LogP contribution in [0, 0.1) is 0 Å². The van der Waals surface area contributed by atoms with E-state index < -0.39 is 0 Å². The van der Waals surface area contributed by atoms with Crippen molar-refractivity contribution in [2.24, 2.45) is 0 Å². The van der Waals surface area contributed by atoms with E-state index in [4.69, 9.17) is 0 Å². The Morgan fingerprint density at radius 1 is 1.28 bits per heavy atom. The number of rotatable bonds is 3. The molecular formula is C14H12N2OS. The molecule has 2 heterocycles. The molecule has 0 spiro atoms. The van der Waals surface area contributed by atoms with Crippen molar-refractivity contribution < 1.29 is 4.79 Å². The SMILES string of the molecule is O=C(NCc1ccsc1)c1ccc2[nH]ccc2c1. The molecule has 1 amide bonds. The van der Waals surface area contributed by atoms with Gasteiger partial charge in [-0.05, 0) is 46.7 Å². The minimum absolute atomic E-state index is 0.0377. The molecule has 0 fully saturated rings. The van der Waals surface area contributed by atoms with E-state index in [-0.39, 0.29) is 5.91 Å². The number of hydrogen-bond donors (Lipinski definition) is 2. The first kappa shape index (κ1) is 11.0. The van der Waals surface area contributed by atoms with Gasteiger partial charge in [-0.25, -0.2) is 0 Å². The summed E-state index contributed by atoms with van der Waals surface area (Å²) >= 11 is 1.63. The molecule has 18 heavy (non-hydrogen) atoms. The third kappa shape index (κ3) is 2.15. The third-order valence-electron chi connectivity index (χ3n) is 2.85. The van der Waals surface area contributed by atoms with Crippen LogP contribution in [0.4, 0.5) is 0 Å². The predicted molar refractivity (Wildman–Crippen MR) is 73.8 cm³/mol. The van der Waals surface area contributed by atoms with Crippen molar-refractivity contribution in [1.82, 2.24) is 10.3 Å². The predicted octanol–water partition coefficient (Wildman–Crippen LogP) is 3.16. The van der Waals surface area contributed by atoms with Crippen molar-refractivity contribution in [1.29, 1.82) is 0 Å². The Morgan fingerprint density at radius 2 is 2.22 bits per heavy atom. The zero-order valence-corrected chi connectivity index (χ0v) is 10.5. The van der Waals surface area contributed by atoms with Crippen LogP contribution in [-0.4, -0.2) is 10.9 Å². The monoisotopic (exact) mass is 256 g/mol. The highest BCUT2D eigenvalue weighted by Crippen LogP contribution is 2.14. The number of nitrogens with one attached hydrogen (secondary N) is 2. The Kier molecular flexibility index (Phi) is 2.86. The molecule has 0 unspecified atom stereocenters. The van der Waals surface area contributed by atoms with E-state index in [0.29, 0.717) is 12.1 Å². The number of carbonyl (C=O) groups is 1. The van der Waals surface area contributed by atoms with Crippen LogP contribution in [0.25, 0.3) is 10.9 Å². The average Bonchev–Trinajstić information content (AvgIpc) is 3.05. The zero-order valence-electron chi connectivity index (χ0n) is 9.64. The van der Waals surface area contributed by atoms with Crippen molar-refractivity contribution in [2.45, 2.75) is 6.54 Å². The summed E-state index contributed by atoms with van der Waals surface area (Å²) in [6.45, 7) is 0.577. The number of aromatic nitrogens is 1. The molecule has 4 heteroatoms. The molecule has 1 aromatic carbocycles. The van der Waals surface area contributed by atoms with Gasteiger partial charge >= 0.3 is 0 Å². The highest BCUT2D eigenvalue weighted by molar-refractivity contribution is 7.07. The molecular weight excluding hydrogens is 244 g/mol. The molecule has 90 valence electrons. The number of thiophene rings is 1. The van der Waals surface area contributed by atoms with Crippen LogP contribution in [0.2, 0.25) is 0 Å². The maximum absolute atomic E-state index is 12.0. The number of fused-ring (bicyclic) bond motifs is 1. The summed E-state index contributed by atoms with van der Waals surface area (Å²) < 4.78 is 0. The Balaban J connectivity index is 1.75. The van der Waals surface area contributed by atoms with Crippen molar-refractivity contribution in [3.05, 3.63) is 58.4 Å². The maximum atomic E-state index is 12.0. The normalized spacial score (nSPS) is 10.7. The summed E-state index contributed by atoms with van der Waals surface area (Å²) in [5, 5.41) is 8.01. The van der Waals surface area contributed by atoms with Gasteiger partial charge in [0, 0.05) is 29.2 Å². The maximum Gasteiger partial charge on any atom is 0.251 e. The number of benzene rings is 1. The van der Waals surface area contributed by atoms with Crippen LogP contribution >= 0.6 is 11.3 Å².